The van der Waals surface area contributed by atoms with Crippen LogP contribution in [0.5, 0.6) is 5.75 Å². The molecule has 1 saturated heterocycles. The fraction of sp³-hybridized carbons (Fsp3) is 0.471. The van der Waals surface area contributed by atoms with Gasteiger partial charge < -0.3 is 9.30 Å². The van der Waals surface area contributed by atoms with E-state index in [4.69, 9.17) is 4.74 Å². The van der Waals surface area contributed by atoms with Crippen molar-refractivity contribution in [3.05, 3.63) is 48.5 Å². The zero-order valence-corrected chi connectivity index (χ0v) is 14.7. The van der Waals surface area contributed by atoms with Crippen LogP contribution in [-0.2, 0) is 13.0 Å². The summed E-state index contributed by atoms with van der Waals surface area (Å²) in [5, 5.41) is 0.756. The lowest BCUT2D eigenvalue weighted by Crippen LogP contribution is -2.27. The number of methoxy groups -OCH3 is 1. The van der Waals surface area contributed by atoms with Crippen LogP contribution < -0.4 is 4.74 Å². The molecule has 1 fully saturated rings. The molecule has 0 amide bonds. The van der Waals surface area contributed by atoms with Crippen molar-refractivity contribution in [2.75, 3.05) is 12.9 Å². The number of aromatic nitrogens is 2. The van der Waals surface area contributed by atoms with Crippen molar-refractivity contribution in [3.8, 4) is 5.75 Å². The van der Waals surface area contributed by atoms with Crippen molar-refractivity contribution in [2.45, 2.75) is 35.6 Å². The number of rotatable bonds is 6. The van der Waals surface area contributed by atoms with Gasteiger partial charge in [-0.1, -0.05) is 19.1 Å². The standard InChI is InChI=1S/C17H22N2OS2/c1-3-16-11-21-17(22-16,12-19-9-8-18-13-19)10-14-4-6-15(20-2)7-5-14/h4-9,13,16H,3,10-12H2,1-2H3. The average Bonchev–Trinajstić information content (AvgIpc) is 3.18. The van der Waals surface area contributed by atoms with Gasteiger partial charge in [-0.25, -0.2) is 4.98 Å². The molecule has 118 valence electrons. The number of hydrogen-bond donors (Lipinski definition) is 0. The van der Waals surface area contributed by atoms with Crippen molar-refractivity contribution in [1.82, 2.24) is 9.55 Å². The van der Waals surface area contributed by atoms with Crippen LogP contribution in [-0.4, -0.2) is 31.7 Å². The molecule has 2 aromatic rings. The Kier molecular flexibility index (Phi) is 5.03. The topological polar surface area (TPSA) is 27.1 Å². The maximum atomic E-state index is 5.26. The molecule has 3 nitrogen and oxygen atoms in total. The molecule has 1 aliphatic rings. The fourth-order valence-corrected chi connectivity index (χ4v) is 6.61. The summed E-state index contributed by atoms with van der Waals surface area (Å²) in [7, 11) is 1.71. The number of ether oxygens (including phenoxy) is 1. The van der Waals surface area contributed by atoms with Crippen LogP contribution in [0.25, 0.3) is 0 Å². The first-order valence-corrected chi connectivity index (χ1v) is 9.50. The highest BCUT2D eigenvalue weighted by Crippen LogP contribution is 2.51. The Hall–Kier alpha value is -1.07. The summed E-state index contributed by atoms with van der Waals surface area (Å²) in [6.07, 6.45) is 8.17. The number of imidazole rings is 1. The van der Waals surface area contributed by atoms with Gasteiger partial charge in [-0.05, 0) is 30.5 Å². The second-order valence-electron chi connectivity index (χ2n) is 5.63. The molecule has 5 heteroatoms. The average molecular weight is 335 g/mol. The zero-order chi connectivity index (χ0) is 15.4. The first-order valence-electron chi connectivity index (χ1n) is 7.63. The van der Waals surface area contributed by atoms with Gasteiger partial charge in [0, 0.05) is 29.9 Å². The number of benzene rings is 1. The highest BCUT2D eigenvalue weighted by Gasteiger charge is 2.40. The highest BCUT2D eigenvalue weighted by molar-refractivity contribution is 8.21. The van der Waals surface area contributed by atoms with Crippen molar-refractivity contribution in [2.24, 2.45) is 0 Å². The summed E-state index contributed by atoms with van der Waals surface area (Å²) >= 11 is 4.25. The maximum Gasteiger partial charge on any atom is 0.118 e. The molecular weight excluding hydrogens is 312 g/mol. The molecule has 3 rings (SSSR count). The third kappa shape index (κ3) is 3.63. The largest absolute Gasteiger partial charge is 0.497 e. The Bertz CT molecular complexity index is 585. The summed E-state index contributed by atoms with van der Waals surface area (Å²) in [6, 6.07) is 8.49. The molecule has 0 aliphatic carbocycles. The van der Waals surface area contributed by atoms with Crippen LogP contribution in [0.4, 0.5) is 0 Å². The van der Waals surface area contributed by atoms with Crippen molar-refractivity contribution in [3.63, 3.8) is 0 Å². The van der Waals surface area contributed by atoms with Gasteiger partial charge in [0.25, 0.3) is 0 Å². The van der Waals surface area contributed by atoms with E-state index in [2.05, 4.69) is 70.5 Å². The SMILES string of the molecule is CCC1CSC(Cc2ccc(OC)cc2)(Cn2ccnc2)S1. The second-order valence-corrected chi connectivity index (χ2v) is 8.98. The van der Waals surface area contributed by atoms with Crippen LogP contribution in [0.15, 0.2) is 43.0 Å². The zero-order valence-electron chi connectivity index (χ0n) is 13.1. The predicted molar refractivity (Wildman–Crippen MR) is 95.8 cm³/mol. The Balaban J connectivity index is 1.78. The first-order chi connectivity index (χ1) is 10.7. The lowest BCUT2D eigenvalue weighted by molar-refractivity contribution is 0.414. The van der Waals surface area contributed by atoms with Crippen molar-refractivity contribution >= 4 is 23.5 Å². The van der Waals surface area contributed by atoms with Gasteiger partial charge in [0.15, 0.2) is 0 Å². The van der Waals surface area contributed by atoms with E-state index in [1.54, 1.807) is 7.11 Å². The molecule has 2 heterocycles. The molecule has 2 atom stereocenters. The summed E-state index contributed by atoms with van der Waals surface area (Å²) in [4.78, 5) is 4.19. The normalized spacial score (nSPS) is 24.5. The summed E-state index contributed by atoms with van der Waals surface area (Å²) < 4.78 is 7.68. The minimum atomic E-state index is 0.204. The van der Waals surface area contributed by atoms with Gasteiger partial charge in [0.1, 0.15) is 5.75 Å². The second kappa shape index (κ2) is 7.01. The first kappa shape index (κ1) is 15.8. The van der Waals surface area contributed by atoms with Gasteiger partial charge >= 0.3 is 0 Å². The van der Waals surface area contributed by atoms with Gasteiger partial charge in [-0.3, -0.25) is 0 Å². The monoisotopic (exact) mass is 334 g/mol. The molecular formula is C17H22N2OS2. The Morgan fingerprint density at radius 1 is 1.36 bits per heavy atom. The maximum absolute atomic E-state index is 5.26. The Morgan fingerprint density at radius 3 is 2.77 bits per heavy atom. The molecule has 1 aliphatic heterocycles. The third-order valence-electron chi connectivity index (χ3n) is 3.98. The van der Waals surface area contributed by atoms with Gasteiger partial charge in [-0.2, -0.15) is 0 Å². The van der Waals surface area contributed by atoms with Crippen LogP contribution >= 0.6 is 23.5 Å². The van der Waals surface area contributed by atoms with E-state index < -0.39 is 0 Å². The van der Waals surface area contributed by atoms with Crippen LogP contribution in [0.1, 0.15) is 18.9 Å². The van der Waals surface area contributed by atoms with Crippen molar-refractivity contribution < 1.29 is 4.74 Å². The van der Waals surface area contributed by atoms with E-state index >= 15 is 0 Å². The lowest BCUT2D eigenvalue weighted by Gasteiger charge is -2.28. The Labute approximate surface area is 140 Å². The minimum Gasteiger partial charge on any atom is -0.497 e. The fourth-order valence-electron chi connectivity index (χ4n) is 2.76. The molecule has 0 spiro atoms. The van der Waals surface area contributed by atoms with E-state index in [1.807, 2.05) is 12.5 Å². The van der Waals surface area contributed by atoms with E-state index in [0.29, 0.717) is 0 Å². The summed E-state index contributed by atoms with van der Waals surface area (Å²) in [5.74, 6) is 2.16. The van der Waals surface area contributed by atoms with Gasteiger partial charge in [0.2, 0.25) is 0 Å². The molecule has 0 radical (unpaired) electrons. The van der Waals surface area contributed by atoms with E-state index in [-0.39, 0.29) is 4.08 Å². The minimum absolute atomic E-state index is 0.204. The number of nitrogens with zero attached hydrogens (tertiary/aromatic N) is 2. The molecule has 0 N–H and O–H groups in total. The molecule has 0 bridgehead atoms. The Morgan fingerprint density at radius 2 is 2.18 bits per heavy atom. The molecule has 2 unspecified atom stereocenters. The van der Waals surface area contributed by atoms with Crippen LogP contribution in [0.3, 0.4) is 0 Å². The van der Waals surface area contributed by atoms with Crippen molar-refractivity contribution in [1.29, 1.82) is 0 Å². The third-order valence-corrected chi connectivity index (χ3v) is 7.74. The quantitative estimate of drug-likeness (QED) is 0.795. The summed E-state index contributed by atoms with van der Waals surface area (Å²) in [6.45, 7) is 3.30. The molecule has 22 heavy (non-hydrogen) atoms. The molecule has 1 aromatic carbocycles. The lowest BCUT2D eigenvalue weighted by atomic mass is 10.1. The van der Waals surface area contributed by atoms with E-state index in [1.165, 1.54) is 17.7 Å². The van der Waals surface area contributed by atoms with Crippen LogP contribution in [0.2, 0.25) is 0 Å². The summed E-state index contributed by atoms with van der Waals surface area (Å²) in [5.41, 5.74) is 1.37. The van der Waals surface area contributed by atoms with Gasteiger partial charge in [-0.15, -0.1) is 23.5 Å². The number of hydrogen-bond acceptors (Lipinski definition) is 4. The highest BCUT2D eigenvalue weighted by atomic mass is 32.2. The number of thioether (sulfide) groups is 2. The van der Waals surface area contributed by atoms with Gasteiger partial charge in [0.05, 0.1) is 17.5 Å². The predicted octanol–water partition coefficient (Wildman–Crippen LogP) is 4.09. The molecule has 1 aromatic heterocycles. The van der Waals surface area contributed by atoms with Crippen LogP contribution in [0, 0.1) is 0 Å². The smallest absolute Gasteiger partial charge is 0.118 e. The van der Waals surface area contributed by atoms with E-state index in [0.717, 1.165) is 24.0 Å². The molecule has 0 saturated carbocycles. The van der Waals surface area contributed by atoms with E-state index in [9.17, 15) is 0 Å².